The highest BCUT2D eigenvalue weighted by molar-refractivity contribution is 7.84. The summed E-state index contributed by atoms with van der Waals surface area (Å²) in [5.74, 6) is 0.120. The summed E-state index contributed by atoms with van der Waals surface area (Å²) in [5, 5.41) is 16.0. The van der Waals surface area contributed by atoms with Gasteiger partial charge in [0.1, 0.15) is 17.2 Å². The van der Waals surface area contributed by atoms with E-state index in [1.165, 1.54) is 12.5 Å². The minimum absolute atomic E-state index is 0.00264. The van der Waals surface area contributed by atoms with E-state index in [-0.39, 0.29) is 28.2 Å². The Morgan fingerprint density at radius 2 is 2.15 bits per heavy atom. The van der Waals surface area contributed by atoms with E-state index in [4.69, 9.17) is 16.3 Å². The maximum Gasteiger partial charge on any atom is 0.435 e. The number of carbonyl (C=O) groups excluding carboxylic acids is 1. The number of aromatic nitrogens is 4. The Hall–Kier alpha value is -2.51. The highest BCUT2D eigenvalue weighted by Gasteiger charge is 2.21. The fourth-order valence-electron chi connectivity index (χ4n) is 1.88. The summed E-state index contributed by atoms with van der Waals surface area (Å²) in [6.07, 6.45) is 2.22. The first-order chi connectivity index (χ1) is 12.1. The van der Waals surface area contributed by atoms with Crippen molar-refractivity contribution in [3.05, 3.63) is 28.7 Å². The van der Waals surface area contributed by atoms with Gasteiger partial charge in [0.25, 0.3) is 0 Å². The first-order valence-corrected chi connectivity index (χ1v) is 9.37. The highest BCUT2D eigenvalue weighted by atomic mass is 35.5. The van der Waals surface area contributed by atoms with Crippen molar-refractivity contribution in [3.63, 3.8) is 0 Å². The number of ether oxygens (including phenoxy) is 1. The highest BCUT2D eigenvalue weighted by Crippen LogP contribution is 2.22. The molecule has 0 spiro atoms. The van der Waals surface area contributed by atoms with E-state index in [9.17, 15) is 14.3 Å². The molecule has 1 N–H and O–H groups in total. The number of rotatable bonds is 4. The lowest BCUT2D eigenvalue weighted by Gasteiger charge is -2.19. The standard InChI is InChI=1S/C15H17ClN6O3S/c1-15(2,3)25-14(23)22-9(5-6-19-22)8-18-12-10(7-17)11(16)20-13(21-12)26(4)24/h5-6H,8H2,1-4H3,(H,18,20,21). The summed E-state index contributed by atoms with van der Waals surface area (Å²) in [7, 11) is -1.47. The molecule has 26 heavy (non-hydrogen) atoms. The number of anilines is 1. The number of nitrogens with zero attached hydrogens (tertiary/aromatic N) is 5. The number of carbonyl (C=O) groups is 1. The van der Waals surface area contributed by atoms with Gasteiger partial charge in [-0.1, -0.05) is 11.6 Å². The van der Waals surface area contributed by atoms with E-state index >= 15 is 0 Å². The van der Waals surface area contributed by atoms with Gasteiger partial charge in [0, 0.05) is 12.5 Å². The van der Waals surface area contributed by atoms with E-state index < -0.39 is 22.5 Å². The van der Waals surface area contributed by atoms with Crippen molar-refractivity contribution >= 4 is 34.3 Å². The van der Waals surface area contributed by atoms with Crippen LogP contribution < -0.4 is 5.32 Å². The van der Waals surface area contributed by atoms with Crippen LogP contribution in [-0.2, 0) is 22.1 Å². The normalized spacial score (nSPS) is 12.3. The van der Waals surface area contributed by atoms with Crippen molar-refractivity contribution in [2.75, 3.05) is 11.6 Å². The van der Waals surface area contributed by atoms with Crippen LogP contribution in [0, 0.1) is 11.3 Å². The van der Waals surface area contributed by atoms with E-state index in [2.05, 4.69) is 20.4 Å². The third-order valence-electron chi connectivity index (χ3n) is 2.94. The van der Waals surface area contributed by atoms with Crippen LogP contribution in [0.3, 0.4) is 0 Å². The molecule has 2 heterocycles. The monoisotopic (exact) mass is 396 g/mol. The van der Waals surface area contributed by atoms with Gasteiger partial charge in [-0.3, -0.25) is 4.21 Å². The molecule has 11 heteroatoms. The van der Waals surface area contributed by atoms with Gasteiger partial charge in [0.2, 0.25) is 5.16 Å². The average molecular weight is 397 g/mol. The maximum atomic E-state index is 12.2. The van der Waals surface area contributed by atoms with Gasteiger partial charge in [0.05, 0.1) is 23.0 Å². The fraction of sp³-hybridized carbons (Fsp3) is 0.400. The first-order valence-electron chi connectivity index (χ1n) is 7.43. The summed E-state index contributed by atoms with van der Waals surface area (Å²) in [6, 6.07) is 3.51. The number of nitrogens with one attached hydrogen (secondary N) is 1. The number of nitriles is 1. The van der Waals surface area contributed by atoms with Crippen LogP contribution in [0.5, 0.6) is 0 Å². The molecule has 138 valence electrons. The third kappa shape index (κ3) is 4.77. The van der Waals surface area contributed by atoms with Crippen molar-refractivity contribution in [1.29, 1.82) is 5.26 Å². The molecule has 0 fully saturated rings. The van der Waals surface area contributed by atoms with Crippen molar-refractivity contribution in [1.82, 2.24) is 19.7 Å². The smallest absolute Gasteiger partial charge is 0.435 e. The van der Waals surface area contributed by atoms with E-state index in [1.54, 1.807) is 26.8 Å². The lowest BCUT2D eigenvalue weighted by molar-refractivity contribution is 0.0510. The van der Waals surface area contributed by atoms with Gasteiger partial charge < -0.3 is 10.1 Å². The zero-order valence-electron chi connectivity index (χ0n) is 14.6. The fourth-order valence-corrected chi connectivity index (χ4v) is 2.58. The SMILES string of the molecule is CS(=O)c1nc(Cl)c(C#N)c(NCc2ccnn2C(=O)OC(C)(C)C)n1. The molecule has 0 bridgehead atoms. The van der Waals surface area contributed by atoms with Gasteiger partial charge >= 0.3 is 6.09 Å². The number of hydrogen-bond acceptors (Lipinski definition) is 8. The second kappa shape index (κ2) is 7.80. The first kappa shape index (κ1) is 19.8. The van der Waals surface area contributed by atoms with Crippen LogP contribution in [0.4, 0.5) is 10.6 Å². The minimum Gasteiger partial charge on any atom is -0.442 e. The topological polar surface area (TPSA) is 123 Å². The summed E-state index contributed by atoms with van der Waals surface area (Å²) in [5.41, 5.74) is -0.164. The Bertz CT molecular complexity index is 900. The Morgan fingerprint density at radius 3 is 2.73 bits per heavy atom. The maximum absolute atomic E-state index is 12.2. The van der Waals surface area contributed by atoms with Crippen LogP contribution in [0.15, 0.2) is 17.4 Å². The zero-order chi connectivity index (χ0) is 19.5. The second-order valence-electron chi connectivity index (χ2n) is 6.15. The Morgan fingerprint density at radius 1 is 1.46 bits per heavy atom. The van der Waals surface area contributed by atoms with Crippen molar-refractivity contribution in [2.45, 2.75) is 38.1 Å². The molecule has 0 aliphatic carbocycles. The van der Waals surface area contributed by atoms with Crippen molar-refractivity contribution in [2.24, 2.45) is 0 Å². The molecule has 2 rings (SSSR count). The molecule has 0 aliphatic rings. The molecule has 0 saturated carbocycles. The summed E-state index contributed by atoms with van der Waals surface area (Å²) >= 11 is 5.95. The third-order valence-corrected chi connectivity index (χ3v) is 3.91. The Labute approximate surface area is 157 Å². The molecule has 0 aliphatic heterocycles. The van der Waals surface area contributed by atoms with E-state index in [0.29, 0.717) is 5.69 Å². The predicted molar refractivity (Wildman–Crippen MR) is 95.3 cm³/mol. The van der Waals surface area contributed by atoms with Crippen molar-refractivity contribution in [3.8, 4) is 6.07 Å². The quantitative estimate of drug-likeness (QED) is 0.616. The Kier molecular flexibility index (Phi) is 5.94. The molecule has 9 nitrogen and oxygen atoms in total. The lowest BCUT2D eigenvalue weighted by Crippen LogP contribution is -2.29. The van der Waals surface area contributed by atoms with Gasteiger partial charge in [-0.05, 0) is 26.8 Å². The molecule has 0 aromatic carbocycles. The number of halogens is 1. The van der Waals surface area contributed by atoms with E-state index in [1.807, 2.05) is 6.07 Å². The van der Waals surface area contributed by atoms with Crippen LogP contribution >= 0.6 is 11.6 Å². The molecule has 0 radical (unpaired) electrons. The minimum atomic E-state index is -1.47. The van der Waals surface area contributed by atoms with Crippen LogP contribution in [0.2, 0.25) is 5.15 Å². The summed E-state index contributed by atoms with van der Waals surface area (Å²) in [6.45, 7) is 5.36. The van der Waals surface area contributed by atoms with Gasteiger partial charge in [-0.15, -0.1) is 0 Å². The molecule has 0 saturated heterocycles. The molecular formula is C15H17ClN6O3S. The average Bonchev–Trinajstić information content (AvgIpc) is 2.99. The largest absolute Gasteiger partial charge is 0.442 e. The summed E-state index contributed by atoms with van der Waals surface area (Å²) in [4.78, 5) is 20.1. The lowest BCUT2D eigenvalue weighted by atomic mass is 10.2. The Balaban J connectivity index is 2.26. The van der Waals surface area contributed by atoms with Crippen LogP contribution in [0.25, 0.3) is 0 Å². The zero-order valence-corrected chi connectivity index (χ0v) is 16.2. The van der Waals surface area contributed by atoms with E-state index in [0.717, 1.165) is 4.68 Å². The predicted octanol–water partition coefficient (Wildman–Crippen LogP) is 2.33. The van der Waals surface area contributed by atoms with Gasteiger partial charge in [-0.25, -0.2) is 14.8 Å². The molecule has 1 unspecified atom stereocenters. The molecule has 0 amide bonds. The number of hydrogen-bond donors (Lipinski definition) is 1. The second-order valence-corrected chi connectivity index (χ2v) is 7.79. The summed E-state index contributed by atoms with van der Waals surface area (Å²) < 4.78 is 18.0. The van der Waals surface area contributed by atoms with Crippen LogP contribution in [0.1, 0.15) is 32.0 Å². The van der Waals surface area contributed by atoms with Crippen LogP contribution in [-0.4, -0.2) is 41.9 Å². The molecule has 1 atom stereocenters. The molecular weight excluding hydrogens is 380 g/mol. The molecule has 2 aromatic heterocycles. The van der Waals surface area contributed by atoms with Gasteiger partial charge in [0.15, 0.2) is 11.0 Å². The van der Waals surface area contributed by atoms with Crippen molar-refractivity contribution < 1.29 is 13.7 Å². The molecule has 2 aromatic rings. The van der Waals surface area contributed by atoms with Gasteiger partial charge in [-0.2, -0.15) is 15.0 Å².